The fourth-order valence-electron chi connectivity index (χ4n) is 2.66. The van der Waals surface area contributed by atoms with Gasteiger partial charge in [0.05, 0.1) is 6.10 Å². The molecular weight excluding hydrogens is 248 g/mol. The zero-order valence-electron chi connectivity index (χ0n) is 11.8. The van der Waals surface area contributed by atoms with Crippen molar-refractivity contribution in [2.24, 2.45) is 5.92 Å². The van der Waals surface area contributed by atoms with Gasteiger partial charge in [0, 0.05) is 19.0 Å². The van der Waals surface area contributed by atoms with Gasteiger partial charge in [-0.05, 0) is 12.8 Å². The Morgan fingerprint density at radius 2 is 1.95 bits per heavy atom. The second-order valence-corrected chi connectivity index (χ2v) is 5.21. The van der Waals surface area contributed by atoms with Gasteiger partial charge in [0.25, 0.3) is 0 Å². The number of aliphatic carboxylic acids is 1. The number of aliphatic hydroxyl groups is 1. The number of β-amino-alcohol motifs (C(OH)–C–C–N with tert-alkyl or cyclic N) is 1. The first-order chi connectivity index (χ1) is 8.90. The topological polar surface area (TPSA) is 89.9 Å². The van der Waals surface area contributed by atoms with Crippen LogP contribution in [0.1, 0.15) is 40.0 Å². The normalized spacial score (nSPS) is 24.6. The molecule has 1 heterocycles. The summed E-state index contributed by atoms with van der Waals surface area (Å²) in [5, 5.41) is 21.4. The molecule has 1 aliphatic rings. The van der Waals surface area contributed by atoms with E-state index >= 15 is 0 Å². The minimum Gasteiger partial charge on any atom is -0.480 e. The Morgan fingerprint density at radius 1 is 1.37 bits per heavy atom. The van der Waals surface area contributed by atoms with Crippen molar-refractivity contribution in [2.45, 2.75) is 58.2 Å². The average Bonchev–Trinajstić information content (AvgIpc) is 2.73. The number of urea groups is 1. The summed E-state index contributed by atoms with van der Waals surface area (Å²) >= 11 is 0. The standard InChI is InChI=1S/C13H24N2O4/c1-4-9(5-2)8(3)14-13(19)15-7-10(16)6-11(15)12(17)18/h8-11,16H,4-7H2,1-3H3,(H,14,19)(H,17,18)/t8?,10-,11-/m0/s1. The van der Waals surface area contributed by atoms with Crippen molar-refractivity contribution in [3.8, 4) is 0 Å². The summed E-state index contributed by atoms with van der Waals surface area (Å²) in [7, 11) is 0. The van der Waals surface area contributed by atoms with Gasteiger partial charge in [-0.15, -0.1) is 0 Å². The highest BCUT2D eigenvalue weighted by molar-refractivity contribution is 5.83. The van der Waals surface area contributed by atoms with Crippen LogP contribution in [-0.4, -0.2) is 51.8 Å². The summed E-state index contributed by atoms with van der Waals surface area (Å²) < 4.78 is 0. The number of carbonyl (C=O) groups excluding carboxylic acids is 1. The smallest absolute Gasteiger partial charge is 0.326 e. The zero-order valence-corrected chi connectivity index (χ0v) is 11.8. The average molecular weight is 272 g/mol. The molecule has 19 heavy (non-hydrogen) atoms. The zero-order chi connectivity index (χ0) is 14.6. The molecule has 1 rings (SSSR count). The summed E-state index contributed by atoms with van der Waals surface area (Å²) in [6.45, 7) is 6.14. The van der Waals surface area contributed by atoms with Crippen LogP contribution in [0, 0.1) is 5.92 Å². The predicted octanol–water partition coefficient (Wildman–Crippen LogP) is 1.04. The number of nitrogens with zero attached hydrogens (tertiary/aromatic N) is 1. The lowest BCUT2D eigenvalue weighted by Crippen LogP contribution is -2.50. The summed E-state index contributed by atoms with van der Waals surface area (Å²) in [5.74, 6) is -0.693. The van der Waals surface area contributed by atoms with E-state index in [9.17, 15) is 14.7 Å². The molecule has 1 saturated heterocycles. The number of hydrogen-bond donors (Lipinski definition) is 3. The van der Waals surface area contributed by atoms with Crippen molar-refractivity contribution >= 4 is 12.0 Å². The highest BCUT2D eigenvalue weighted by atomic mass is 16.4. The third-order valence-electron chi connectivity index (χ3n) is 3.93. The fourth-order valence-corrected chi connectivity index (χ4v) is 2.66. The minimum absolute atomic E-state index is 0.00492. The molecule has 1 unspecified atom stereocenters. The van der Waals surface area contributed by atoms with Crippen LogP contribution in [0.15, 0.2) is 0 Å². The van der Waals surface area contributed by atoms with Gasteiger partial charge in [0.2, 0.25) is 0 Å². The number of nitrogens with one attached hydrogen (secondary N) is 1. The Kier molecular flexibility index (Phi) is 5.60. The maximum Gasteiger partial charge on any atom is 0.326 e. The van der Waals surface area contributed by atoms with Crippen LogP contribution >= 0.6 is 0 Å². The third-order valence-corrected chi connectivity index (χ3v) is 3.93. The van der Waals surface area contributed by atoms with Crippen LogP contribution in [0.2, 0.25) is 0 Å². The lowest BCUT2D eigenvalue weighted by atomic mass is 9.96. The van der Waals surface area contributed by atoms with Crippen LogP contribution in [0.5, 0.6) is 0 Å². The van der Waals surface area contributed by atoms with E-state index in [-0.39, 0.29) is 19.0 Å². The van der Waals surface area contributed by atoms with E-state index in [1.807, 2.05) is 6.92 Å². The van der Waals surface area contributed by atoms with E-state index in [1.165, 1.54) is 4.90 Å². The lowest BCUT2D eigenvalue weighted by molar-refractivity contribution is -0.141. The molecule has 0 aromatic heterocycles. The summed E-state index contributed by atoms with van der Waals surface area (Å²) in [5.41, 5.74) is 0. The Hall–Kier alpha value is -1.30. The molecule has 1 fully saturated rings. The number of hydrogen-bond acceptors (Lipinski definition) is 3. The van der Waals surface area contributed by atoms with E-state index < -0.39 is 24.1 Å². The number of carboxylic acids is 1. The number of rotatable bonds is 5. The van der Waals surface area contributed by atoms with Crippen LogP contribution in [0.3, 0.4) is 0 Å². The maximum atomic E-state index is 12.1. The minimum atomic E-state index is -1.07. The third kappa shape index (κ3) is 3.83. The Bertz CT molecular complexity index is 331. The monoisotopic (exact) mass is 272 g/mol. The number of likely N-dealkylation sites (tertiary alicyclic amines) is 1. The number of carbonyl (C=O) groups is 2. The van der Waals surface area contributed by atoms with E-state index in [0.717, 1.165) is 12.8 Å². The van der Waals surface area contributed by atoms with Crippen molar-refractivity contribution in [3.63, 3.8) is 0 Å². The predicted molar refractivity (Wildman–Crippen MR) is 70.8 cm³/mol. The molecule has 110 valence electrons. The van der Waals surface area contributed by atoms with E-state index in [1.54, 1.807) is 0 Å². The second-order valence-electron chi connectivity index (χ2n) is 5.21. The van der Waals surface area contributed by atoms with Crippen molar-refractivity contribution in [3.05, 3.63) is 0 Å². The molecule has 0 aromatic rings. The van der Waals surface area contributed by atoms with E-state index in [2.05, 4.69) is 19.2 Å². The van der Waals surface area contributed by atoms with Gasteiger partial charge < -0.3 is 20.4 Å². The Balaban J connectivity index is 2.64. The summed E-state index contributed by atoms with van der Waals surface area (Å²) in [6, 6.07) is -1.33. The molecule has 3 N–H and O–H groups in total. The first-order valence-corrected chi connectivity index (χ1v) is 6.88. The Labute approximate surface area is 113 Å². The summed E-state index contributed by atoms with van der Waals surface area (Å²) in [6.07, 6.45) is 1.27. The van der Waals surface area contributed by atoms with E-state index in [0.29, 0.717) is 5.92 Å². The molecule has 0 aliphatic carbocycles. The fraction of sp³-hybridized carbons (Fsp3) is 0.846. The van der Waals surface area contributed by atoms with Crippen LogP contribution in [0.4, 0.5) is 4.79 Å². The first kappa shape index (κ1) is 15.8. The molecule has 6 nitrogen and oxygen atoms in total. The second kappa shape index (κ2) is 6.75. The van der Waals surface area contributed by atoms with Gasteiger partial charge in [-0.3, -0.25) is 0 Å². The van der Waals surface area contributed by atoms with Gasteiger partial charge >= 0.3 is 12.0 Å². The van der Waals surface area contributed by atoms with Crippen molar-refractivity contribution in [1.82, 2.24) is 10.2 Å². The number of amides is 2. The summed E-state index contributed by atoms with van der Waals surface area (Å²) in [4.78, 5) is 24.4. The molecular formula is C13H24N2O4. The molecule has 2 amide bonds. The van der Waals surface area contributed by atoms with Crippen LogP contribution < -0.4 is 5.32 Å². The molecule has 0 spiro atoms. The molecule has 1 aliphatic heterocycles. The number of carboxylic acid groups (broad SMARTS) is 1. The quantitative estimate of drug-likeness (QED) is 0.697. The maximum absolute atomic E-state index is 12.1. The van der Waals surface area contributed by atoms with Gasteiger partial charge in [-0.2, -0.15) is 0 Å². The van der Waals surface area contributed by atoms with Crippen LogP contribution in [-0.2, 0) is 4.79 Å². The van der Waals surface area contributed by atoms with Crippen molar-refractivity contribution in [2.75, 3.05) is 6.54 Å². The lowest BCUT2D eigenvalue weighted by Gasteiger charge is -2.27. The van der Waals surface area contributed by atoms with Gasteiger partial charge in [0.15, 0.2) is 0 Å². The highest BCUT2D eigenvalue weighted by Gasteiger charge is 2.39. The Morgan fingerprint density at radius 3 is 2.42 bits per heavy atom. The van der Waals surface area contributed by atoms with Crippen molar-refractivity contribution < 1.29 is 19.8 Å². The van der Waals surface area contributed by atoms with E-state index in [4.69, 9.17) is 5.11 Å². The molecule has 0 saturated carbocycles. The largest absolute Gasteiger partial charge is 0.480 e. The molecule has 6 heteroatoms. The molecule has 3 atom stereocenters. The van der Waals surface area contributed by atoms with Gasteiger partial charge in [-0.1, -0.05) is 26.7 Å². The highest BCUT2D eigenvalue weighted by Crippen LogP contribution is 2.19. The first-order valence-electron chi connectivity index (χ1n) is 6.88. The molecule has 0 radical (unpaired) electrons. The van der Waals surface area contributed by atoms with Crippen molar-refractivity contribution in [1.29, 1.82) is 0 Å². The number of aliphatic hydroxyl groups excluding tert-OH is 1. The molecule has 0 aromatic carbocycles. The molecule has 0 bridgehead atoms. The van der Waals surface area contributed by atoms with Gasteiger partial charge in [-0.25, -0.2) is 9.59 Å². The SMILES string of the molecule is CCC(CC)C(C)NC(=O)N1C[C@@H](O)C[C@H]1C(=O)O. The van der Waals surface area contributed by atoms with Gasteiger partial charge in [0.1, 0.15) is 6.04 Å². The van der Waals surface area contributed by atoms with Crippen LogP contribution in [0.25, 0.3) is 0 Å².